The van der Waals surface area contributed by atoms with E-state index in [1.165, 1.54) is 5.57 Å². The number of methoxy groups -OCH3 is 1. The molecular formula is C15H20N2O2. The minimum atomic E-state index is -0.0304. The van der Waals surface area contributed by atoms with Crippen molar-refractivity contribution in [2.45, 2.75) is 12.8 Å². The Kier molecular flexibility index (Phi) is 4.98. The first-order valence-electron chi connectivity index (χ1n) is 6.60. The summed E-state index contributed by atoms with van der Waals surface area (Å²) in [5.41, 5.74) is 2.09. The molecule has 0 saturated carbocycles. The minimum Gasteiger partial charge on any atom is -0.497 e. The number of carbonyl (C=O) groups is 1. The van der Waals surface area contributed by atoms with Crippen LogP contribution in [0.15, 0.2) is 35.9 Å². The zero-order valence-electron chi connectivity index (χ0n) is 11.2. The lowest BCUT2D eigenvalue weighted by Crippen LogP contribution is -2.26. The number of nitrogens with one attached hydrogen (secondary N) is 2. The van der Waals surface area contributed by atoms with Crippen LogP contribution in [0.1, 0.15) is 23.2 Å². The largest absolute Gasteiger partial charge is 0.497 e. The van der Waals surface area contributed by atoms with Crippen LogP contribution in [-0.4, -0.2) is 32.7 Å². The summed E-state index contributed by atoms with van der Waals surface area (Å²) in [6.07, 6.45) is 4.23. The first kappa shape index (κ1) is 13.6. The van der Waals surface area contributed by atoms with Gasteiger partial charge >= 0.3 is 0 Å². The van der Waals surface area contributed by atoms with Gasteiger partial charge in [0, 0.05) is 18.7 Å². The third-order valence-electron chi connectivity index (χ3n) is 3.24. The van der Waals surface area contributed by atoms with Crippen LogP contribution in [-0.2, 0) is 0 Å². The molecule has 0 aliphatic carbocycles. The van der Waals surface area contributed by atoms with Gasteiger partial charge in [-0.25, -0.2) is 0 Å². The van der Waals surface area contributed by atoms with Crippen molar-refractivity contribution >= 4 is 5.91 Å². The number of hydrogen-bond donors (Lipinski definition) is 2. The molecule has 19 heavy (non-hydrogen) atoms. The van der Waals surface area contributed by atoms with E-state index in [1.807, 2.05) is 0 Å². The maximum absolute atomic E-state index is 11.9. The molecule has 0 unspecified atom stereocenters. The normalized spacial score (nSPS) is 14.7. The quantitative estimate of drug-likeness (QED) is 0.793. The summed E-state index contributed by atoms with van der Waals surface area (Å²) in [6, 6.07) is 7.14. The van der Waals surface area contributed by atoms with Crippen LogP contribution in [0.5, 0.6) is 5.75 Å². The molecule has 4 heteroatoms. The van der Waals surface area contributed by atoms with Gasteiger partial charge in [-0.3, -0.25) is 4.79 Å². The molecule has 1 heterocycles. The Labute approximate surface area is 113 Å². The number of carbonyl (C=O) groups excluding carboxylic acids is 1. The smallest absolute Gasteiger partial charge is 0.251 e. The van der Waals surface area contributed by atoms with Crippen LogP contribution in [0.25, 0.3) is 0 Å². The fourth-order valence-corrected chi connectivity index (χ4v) is 2.08. The standard InChI is InChI=1S/C15H20N2O2/c1-19-14-4-2-13(3-5-14)15(18)17-11-8-12-6-9-16-10-7-12/h2-6,16H,7-11H2,1H3,(H,17,18). The highest BCUT2D eigenvalue weighted by molar-refractivity contribution is 5.94. The van der Waals surface area contributed by atoms with Gasteiger partial charge in [0.2, 0.25) is 0 Å². The molecule has 102 valence electrons. The Balaban J connectivity index is 1.78. The van der Waals surface area contributed by atoms with Gasteiger partial charge in [0.05, 0.1) is 7.11 Å². The molecule has 2 rings (SSSR count). The fraction of sp³-hybridized carbons (Fsp3) is 0.400. The fourth-order valence-electron chi connectivity index (χ4n) is 2.08. The summed E-state index contributed by atoms with van der Waals surface area (Å²) in [5, 5.41) is 6.22. The Hall–Kier alpha value is -1.81. The zero-order chi connectivity index (χ0) is 13.5. The van der Waals surface area contributed by atoms with Crippen LogP contribution in [0.3, 0.4) is 0 Å². The van der Waals surface area contributed by atoms with E-state index < -0.39 is 0 Å². The third-order valence-corrected chi connectivity index (χ3v) is 3.24. The molecule has 0 saturated heterocycles. The molecule has 1 aliphatic heterocycles. The molecule has 0 spiro atoms. The van der Waals surface area contributed by atoms with Crippen molar-refractivity contribution in [1.82, 2.24) is 10.6 Å². The van der Waals surface area contributed by atoms with E-state index in [2.05, 4.69) is 16.7 Å². The molecule has 1 aromatic carbocycles. The van der Waals surface area contributed by atoms with Crippen molar-refractivity contribution in [1.29, 1.82) is 0 Å². The first-order chi connectivity index (χ1) is 9.29. The molecule has 0 bridgehead atoms. The van der Waals surface area contributed by atoms with Gasteiger partial charge in [-0.1, -0.05) is 11.6 Å². The van der Waals surface area contributed by atoms with Crippen LogP contribution < -0.4 is 15.4 Å². The molecule has 1 aromatic rings. The summed E-state index contributed by atoms with van der Waals surface area (Å²) in [7, 11) is 1.61. The van der Waals surface area contributed by atoms with Crippen molar-refractivity contribution in [3.05, 3.63) is 41.5 Å². The van der Waals surface area contributed by atoms with Crippen molar-refractivity contribution in [3.8, 4) is 5.75 Å². The molecule has 0 radical (unpaired) electrons. The predicted molar refractivity (Wildman–Crippen MR) is 75.5 cm³/mol. The van der Waals surface area contributed by atoms with Gasteiger partial charge in [0.15, 0.2) is 0 Å². The zero-order valence-corrected chi connectivity index (χ0v) is 11.2. The lowest BCUT2D eigenvalue weighted by Gasteiger charge is -2.14. The maximum Gasteiger partial charge on any atom is 0.251 e. The number of amides is 1. The minimum absolute atomic E-state index is 0.0304. The first-order valence-corrected chi connectivity index (χ1v) is 6.60. The van der Waals surface area contributed by atoms with E-state index in [9.17, 15) is 4.79 Å². The summed E-state index contributed by atoms with van der Waals surface area (Å²) in [6.45, 7) is 2.68. The number of benzene rings is 1. The lowest BCUT2D eigenvalue weighted by molar-refractivity contribution is 0.0954. The van der Waals surface area contributed by atoms with Crippen LogP contribution in [0.4, 0.5) is 0 Å². The topological polar surface area (TPSA) is 50.4 Å². The second-order valence-electron chi connectivity index (χ2n) is 4.55. The van der Waals surface area contributed by atoms with E-state index in [1.54, 1.807) is 31.4 Å². The molecule has 1 amide bonds. The highest BCUT2D eigenvalue weighted by Crippen LogP contribution is 2.11. The molecule has 0 aromatic heterocycles. The molecule has 2 N–H and O–H groups in total. The molecule has 0 atom stereocenters. The van der Waals surface area contributed by atoms with Gasteiger partial charge in [-0.15, -0.1) is 0 Å². The summed E-state index contributed by atoms with van der Waals surface area (Å²) in [4.78, 5) is 11.9. The number of rotatable bonds is 5. The highest BCUT2D eigenvalue weighted by atomic mass is 16.5. The molecule has 0 fully saturated rings. The Bertz CT molecular complexity index is 452. The Morgan fingerprint density at radius 3 is 2.79 bits per heavy atom. The van der Waals surface area contributed by atoms with Gasteiger partial charge in [0.1, 0.15) is 5.75 Å². The van der Waals surface area contributed by atoms with E-state index in [-0.39, 0.29) is 5.91 Å². The van der Waals surface area contributed by atoms with Gasteiger partial charge in [0.25, 0.3) is 5.91 Å². The summed E-state index contributed by atoms with van der Waals surface area (Å²) in [5.74, 6) is 0.730. The van der Waals surface area contributed by atoms with Crippen LogP contribution >= 0.6 is 0 Å². The second-order valence-corrected chi connectivity index (χ2v) is 4.55. The van der Waals surface area contributed by atoms with Gasteiger partial charge in [-0.2, -0.15) is 0 Å². The van der Waals surface area contributed by atoms with E-state index in [4.69, 9.17) is 4.74 Å². The molecule has 1 aliphatic rings. The van der Waals surface area contributed by atoms with Crippen molar-refractivity contribution < 1.29 is 9.53 Å². The SMILES string of the molecule is COc1ccc(C(=O)NCCC2=CCNCC2)cc1. The van der Waals surface area contributed by atoms with Gasteiger partial charge in [-0.05, 0) is 43.7 Å². The van der Waals surface area contributed by atoms with E-state index >= 15 is 0 Å². The lowest BCUT2D eigenvalue weighted by atomic mass is 10.1. The number of ether oxygens (including phenoxy) is 1. The van der Waals surface area contributed by atoms with E-state index in [0.717, 1.165) is 31.7 Å². The molecular weight excluding hydrogens is 240 g/mol. The highest BCUT2D eigenvalue weighted by Gasteiger charge is 2.06. The second kappa shape index (κ2) is 6.95. The Morgan fingerprint density at radius 2 is 2.16 bits per heavy atom. The Morgan fingerprint density at radius 1 is 1.37 bits per heavy atom. The predicted octanol–water partition coefficient (Wildman–Crippen LogP) is 1.73. The van der Waals surface area contributed by atoms with Crippen LogP contribution in [0, 0.1) is 0 Å². The van der Waals surface area contributed by atoms with Crippen molar-refractivity contribution in [2.24, 2.45) is 0 Å². The monoisotopic (exact) mass is 260 g/mol. The van der Waals surface area contributed by atoms with Crippen molar-refractivity contribution in [3.63, 3.8) is 0 Å². The third kappa shape index (κ3) is 4.10. The average Bonchev–Trinajstić information content (AvgIpc) is 2.48. The van der Waals surface area contributed by atoms with Crippen LogP contribution in [0.2, 0.25) is 0 Å². The maximum atomic E-state index is 11.9. The van der Waals surface area contributed by atoms with E-state index in [0.29, 0.717) is 12.1 Å². The summed E-state index contributed by atoms with van der Waals surface area (Å²) < 4.78 is 5.06. The number of hydrogen-bond acceptors (Lipinski definition) is 3. The summed E-state index contributed by atoms with van der Waals surface area (Å²) >= 11 is 0. The average molecular weight is 260 g/mol. The van der Waals surface area contributed by atoms with Crippen molar-refractivity contribution in [2.75, 3.05) is 26.7 Å². The molecule has 4 nitrogen and oxygen atoms in total. The van der Waals surface area contributed by atoms with Gasteiger partial charge < -0.3 is 15.4 Å².